The summed E-state index contributed by atoms with van der Waals surface area (Å²) in [6.07, 6.45) is 3.04. The largest absolute Gasteiger partial charge is 0.497 e. The number of carbonyl (C=O) groups excluding carboxylic acids is 2. The lowest BCUT2D eigenvalue weighted by atomic mass is 10.0. The average molecular weight is 530 g/mol. The Kier molecular flexibility index (Phi) is 8.66. The quantitative estimate of drug-likeness (QED) is 0.108. The summed E-state index contributed by atoms with van der Waals surface area (Å²) in [5, 5.41) is 3.24. The van der Waals surface area contributed by atoms with Crippen LogP contribution in [-0.2, 0) is 4.79 Å². The summed E-state index contributed by atoms with van der Waals surface area (Å²) in [6.45, 7) is 3.78. The molecule has 0 aliphatic carbocycles. The predicted molar refractivity (Wildman–Crippen MR) is 150 cm³/mol. The van der Waals surface area contributed by atoms with Crippen molar-refractivity contribution in [3.05, 3.63) is 82.2 Å². The van der Waals surface area contributed by atoms with E-state index in [1.54, 1.807) is 57.5 Å². The van der Waals surface area contributed by atoms with E-state index in [0.29, 0.717) is 51.3 Å². The normalized spacial score (nSPS) is 10.8. The second-order valence-corrected chi connectivity index (χ2v) is 9.09. The molecule has 39 heavy (non-hydrogen) atoms. The molecule has 0 fully saturated rings. The second-order valence-electron chi connectivity index (χ2n) is 9.09. The van der Waals surface area contributed by atoms with Gasteiger partial charge in [0.15, 0.2) is 0 Å². The highest BCUT2D eigenvalue weighted by Crippen LogP contribution is 2.33. The standard InChI is InChI=1S/C31H31NO7/c1-5-6-7-11-28(33)38-26-14-12-21-18-25(31(35)39-29(21)19(26)2)32-30(34)22-13-15-27(37-4)24(17-22)20-9-8-10-23(16-20)36-3/h8-10,12-18H,5-7,11H2,1-4H3,(H,32,34). The zero-order valence-corrected chi connectivity index (χ0v) is 22.5. The highest BCUT2D eigenvalue weighted by Gasteiger charge is 2.17. The van der Waals surface area contributed by atoms with Gasteiger partial charge >= 0.3 is 11.6 Å². The maximum atomic E-state index is 13.1. The molecule has 8 nitrogen and oxygen atoms in total. The number of benzene rings is 3. The Bertz CT molecular complexity index is 1570. The van der Waals surface area contributed by atoms with Gasteiger partial charge in [0.1, 0.15) is 28.5 Å². The highest BCUT2D eigenvalue weighted by molar-refractivity contribution is 6.05. The van der Waals surface area contributed by atoms with Crippen molar-refractivity contribution in [3.63, 3.8) is 0 Å². The van der Waals surface area contributed by atoms with Crippen molar-refractivity contribution in [2.75, 3.05) is 19.5 Å². The van der Waals surface area contributed by atoms with Crippen LogP contribution in [0.4, 0.5) is 5.69 Å². The number of anilines is 1. The minimum absolute atomic E-state index is 0.00467. The molecule has 4 rings (SSSR count). The van der Waals surface area contributed by atoms with E-state index in [2.05, 4.69) is 12.2 Å². The Labute approximate surface area is 226 Å². The van der Waals surface area contributed by atoms with Gasteiger partial charge in [-0.05, 0) is 67.4 Å². The fourth-order valence-electron chi connectivity index (χ4n) is 4.26. The zero-order valence-electron chi connectivity index (χ0n) is 22.5. The smallest absolute Gasteiger partial charge is 0.360 e. The van der Waals surface area contributed by atoms with E-state index in [1.165, 1.54) is 0 Å². The minimum Gasteiger partial charge on any atom is -0.497 e. The van der Waals surface area contributed by atoms with Crippen molar-refractivity contribution >= 4 is 28.5 Å². The number of esters is 1. The summed E-state index contributed by atoms with van der Waals surface area (Å²) in [7, 11) is 3.14. The maximum Gasteiger partial charge on any atom is 0.360 e. The van der Waals surface area contributed by atoms with Gasteiger partial charge in [-0.3, -0.25) is 9.59 Å². The molecule has 1 heterocycles. The maximum absolute atomic E-state index is 13.1. The van der Waals surface area contributed by atoms with E-state index < -0.39 is 11.5 Å². The first-order valence-corrected chi connectivity index (χ1v) is 12.8. The molecule has 0 radical (unpaired) electrons. The summed E-state index contributed by atoms with van der Waals surface area (Å²) in [4.78, 5) is 38.1. The van der Waals surface area contributed by atoms with Crippen LogP contribution in [0.2, 0.25) is 0 Å². The van der Waals surface area contributed by atoms with Crippen LogP contribution in [0.5, 0.6) is 17.2 Å². The number of nitrogens with one attached hydrogen (secondary N) is 1. The minimum atomic E-state index is -0.716. The zero-order chi connectivity index (χ0) is 27.9. The molecular weight excluding hydrogens is 498 g/mol. The third kappa shape index (κ3) is 6.29. The van der Waals surface area contributed by atoms with Gasteiger partial charge in [0.2, 0.25) is 0 Å². The van der Waals surface area contributed by atoms with E-state index in [4.69, 9.17) is 18.6 Å². The number of ether oxygens (including phenoxy) is 3. The van der Waals surface area contributed by atoms with Crippen molar-refractivity contribution in [3.8, 4) is 28.4 Å². The molecule has 3 aromatic carbocycles. The number of amides is 1. The molecular formula is C31H31NO7. The van der Waals surface area contributed by atoms with Crippen LogP contribution in [0, 0.1) is 6.92 Å². The lowest BCUT2D eigenvalue weighted by Gasteiger charge is -2.13. The van der Waals surface area contributed by atoms with Crippen LogP contribution in [0.25, 0.3) is 22.1 Å². The molecule has 1 N–H and O–H groups in total. The lowest BCUT2D eigenvalue weighted by Crippen LogP contribution is -2.18. The van der Waals surface area contributed by atoms with Gasteiger partial charge in [0, 0.05) is 28.5 Å². The summed E-state index contributed by atoms with van der Waals surface area (Å²) in [5.74, 6) is 0.783. The monoisotopic (exact) mass is 529 g/mol. The number of hydrogen-bond acceptors (Lipinski definition) is 7. The van der Waals surface area contributed by atoms with Crippen molar-refractivity contribution in [1.82, 2.24) is 0 Å². The molecule has 0 spiro atoms. The Hall–Kier alpha value is -4.59. The molecule has 8 heteroatoms. The summed E-state index contributed by atoms with van der Waals surface area (Å²) < 4.78 is 21.8. The van der Waals surface area contributed by atoms with Gasteiger partial charge < -0.3 is 23.9 Å². The Morgan fingerprint density at radius 3 is 2.46 bits per heavy atom. The number of rotatable bonds is 10. The average Bonchev–Trinajstić information content (AvgIpc) is 2.95. The molecule has 1 aromatic heterocycles. The van der Waals surface area contributed by atoms with E-state index in [0.717, 1.165) is 24.8 Å². The Balaban J connectivity index is 1.59. The van der Waals surface area contributed by atoms with Gasteiger partial charge in [-0.15, -0.1) is 0 Å². The topological polar surface area (TPSA) is 104 Å². The fraction of sp³-hybridized carbons (Fsp3) is 0.258. The highest BCUT2D eigenvalue weighted by atomic mass is 16.5. The lowest BCUT2D eigenvalue weighted by molar-refractivity contribution is -0.134. The number of hydrogen-bond donors (Lipinski definition) is 1. The third-order valence-corrected chi connectivity index (χ3v) is 6.40. The van der Waals surface area contributed by atoms with Crippen molar-refractivity contribution in [2.45, 2.75) is 39.5 Å². The van der Waals surface area contributed by atoms with Crippen molar-refractivity contribution in [2.24, 2.45) is 0 Å². The number of unbranched alkanes of at least 4 members (excludes halogenated alkanes) is 2. The van der Waals surface area contributed by atoms with Crippen LogP contribution < -0.4 is 25.2 Å². The first-order chi connectivity index (χ1) is 18.8. The van der Waals surface area contributed by atoms with Gasteiger partial charge in [0.25, 0.3) is 5.91 Å². The molecule has 0 unspecified atom stereocenters. The predicted octanol–water partition coefficient (Wildman–Crippen LogP) is 6.52. The van der Waals surface area contributed by atoms with Crippen LogP contribution in [0.15, 0.2) is 69.9 Å². The molecule has 1 amide bonds. The SMILES string of the molecule is CCCCCC(=O)Oc1ccc2cc(NC(=O)c3ccc(OC)c(-c4cccc(OC)c4)c3)c(=O)oc2c1C. The summed E-state index contributed by atoms with van der Waals surface area (Å²) in [5.41, 5.74) is 1.94. The van der Waals surface area contributed by atoms with E-state index in [1.807, 2.05) is 24.3 Å². The van der Waals surface area contributed by atoms with Crippen LogP contribution in [0.1, 0.15) is 48.5 Å². The molecule has 0 bridgehead atoms. The van der Waals surface area contributed by atoms with Crippen LogP contribution in [-0.4, -0.2) is 26.1 Å². The van der Waals surface area contributed by atoms with Gasteiger partial charge in [0.05, 0.1) is 14.2 Å². The first kappa shape index (κ1) is 27.4. The fourth-order valence-corrected chi connectivity index (χ4v) is 4.26. The molecule has 0 saturated heterocycles. The first-order valence-electron chi connectivity index (χ1n) is 12.8. The van der Waals surface area contributed by atoms with Crippen LogP contribution in [0.3, 0.4) is 0 Å². The van der Waals surface area contributed by atoms with Crippen LogP contribution >= 0.6 is 0 Å². The number of methoxy groups -OCH3 is 2. The second kappa shape index (κ2) is 12.3. The molecule has 0 aliphatic rings. The molecule has 0 atom stereocenters. The number of aryl methyl sites for hydroxylation is 1. The Morgan fingerprint density at radius 2 is 1.72 bits per heavy atom. The molecule has 0 saturated carbocycles. The van der Waals surface area contributed by atoms with Crippen molar-refractivity contribution < 1.29 is 28.2 Å². The molecule has 0 aliphatic heterocycles. The van der Waals surface area contributed by atoms with E-state index >= 15 is 0 Å². The third-order valence-electron chi connectivity index (χ3n) is 6.40. The number of carbonyl (C=O) groups is 2. The number of fused-ring (bicyclic) bond motifs is 1. The summed E-state index contributed by atoms with van der Waals surface area (Å²) in [6, 6.07) is 17.3. The van der Waals surface area contributed by atoms with Gasteiger partial charge in [-0.1, -0.05) is 31.9 Å². The van der Waals surface area contributed by atoms with Crippen molar-refractivity contribution in [1.29, 1.82) is 0 Å². The molecule has 202 valence electrons. The Morgan fingerprint density at radius 1 is 0.923 bits per heavy atom. The van der Waals surface area contributed by atoms with Gasteiger partial charge in [-0.25, -0.2) is 4.79 Å². The van der Waals surface area contributed by atoms with E-state index in [-0.39, 0.29) is 11.7 Å². The molecule has 4 aromatic rings. The van der Waals surface area contributed by atoms with E-state index in [9.17, 15) is 14.4 Å². The summed E-state index contributed by atoms with van der Waals surface area (Å²) >= 11 is 0. The van der Waals surface area contributed by atoms with Gasteiger partial charge in [-0.2, -0.15) is 0 Å².